The minimum Gasteiger partial charge on any atom is -0.492 e. The molecule has 0 heterocycles. The van der Waals surface area contributed by atoms with Crippen LogP contribution in [-0.4, -0.2) is 43.9 Å². The van der Waals surface area contributed by atoms with E-state index in [1.54, 1.807) is 6.92 Å². The zero-order valence-corrected chi connectivity index (χ0v) is 19.2. The molecule has 0 bridgehead atoms. The van der Waals surface area contributed by atoms with Crippen molar-refractivity contribution in [1.82, 2.24) is 4.90 Å². The monoisotopic (exact) mass is 417 g/mol. The third-order valence-corrected chi connectivity index (χ3v) is 4.79. The molecule has 0 unspecified atom stereocenters. The third-order valence-electron chi connectivity index (χ3n) is 4.79. The average Bonchev–Trinajstić information content (AvgIpc) is 2.79. The third kappa shape index (κ3) is 7.71. The lowest BCUT2D eigenvalue weighted by atomic mass is 9.88. The molecule has 0 fully saturated rings. The van der Waals surface area contributed by atoms with Crippen LogP contribution in [0.4, 0.5) is 0 Å². The fourth-order valence-electron chi connectivity index (χ4n) is 3.35. The zero-order valence-electron chi connectivity index (χ0n) is 19.2. The molecule has 0 saturated carbocycles. The summed E-state index contributed by atoms with van der Waals surface area (Å²) in [5.74, 6) is 0.913. The number of ether oxygens (including phenoxy) is 1. The first-order chi connectivity index (χ1) is 15.1. The van der Waals surface area contributed by atoms with Gasteiger partial charge in [-0.1, -0.05) is 79.7 Å². The highest BCUT2D eigenvalue weighted by molar-refractivity contribution is 5.98. The summed E-state index contributed by atoms with van der Waals surface area (Å²) < 4.78 is 5.87. The van der Waals surface area contributed by atoms with Gasteiger partial charge in [-0.3, -0.25) is 0 Å². The first kappa shape index (κ1) is 24.4. The van der Waals surface area contributed by atoms with Gasteiger partial charge in [-0.25, -0.2) is 0 Å². The highest BCUT2D eigenvalue weighted by atomic mass is 16.5. The average molecular weight is 418 g/mol. The molecule has 3 heteroatoms. The molecule has 3 aromatic carbocycles. The fourth-order valence-corrected chi connectivity index (χ4v) is 3.35. The number of aliphatic hydroxyl groups excluding tert-OH is 1. The van der Waals surface area contributed by atoms with Gasteiger partial charge in [-0.05, 0) is 67.4 Å². The Hall–Kier alpha value is -2.88. The van der Waals surface area contributed by atoms with Crippen LogP contribution < -0.4 is 4.74 Å². The molecule has 0 aliphatic rings. The van der Waals surface area contributed by atoms with E-state index in [0.717, 1.165) is 18.7 Å². The molecule has 0 aromatic heterocycles. The largest absolute Gasteiger partial charge is 0.492 e. The number of hydrogen-bond acceptors (Lipinski definition) is 3. The van der Waals surface area contributed by atoms with Gasteiger partial charge in [-0.2, -0.15) is 0 Å². The van der Waals surface area contributed by atoms with Crippen molar-refractivity contribution >= 4 is 11.1 Å². The standard InChI is InChI=1S/C26H29NO.C2H6O/c1-4-25(21-11-7-5-8-12-21)26(22-13-9-6-10-14-22)23-15-17-24(18-16-23)28-20-19-27(2)3;1-2-3/h5-18H,4,19-20H2,1-3H3;3H,2H2,1H3/b26-25-;. The van der Waals surface area contributed by atoms with Crippen molar-refractivity contribution in [3.05, 3.63) is 102 Å². The van der Waals surface area contributed by atoms with Gasteiger partial charge in [0.05, 0.1) is 0 Å². The van der Waals surface area contributed by atoms with E-state index in [1.807, 2.05) is 0 Å². The molecule has 1 N–H and O–H groups in total. The summed E-state index contributed by atoms with van der Waals surface area (Å²) >= 11 is 0. The van der Waals surface area contributed by atoms with Crippen LogP contribution in [0.5, 0.6) is 5.75 Å². The van der Waals surface area contributed by atoms with Crippen LogP contribution >= 0.6 is 0 Å². The molecule has 0 atom stereocenters. The lowest BCUT2D eigenvalue weighted by Gasteiger charge is -2.17. The Balaban J connectivity index is 0.00000107. The summed E-state index contributed by atoms with van der Waals surface area (Å²) in [4.78, 5) is 2.12. The van der Waals surface area contributed by atoms with Gasteiger partial charge in [0, 0.05) is 13.2 Å². The summed E-state index contributed by atoms with van der Waals surface area (Å²) in [5.41, 5.74) is 6.37. The van der Waals surface area contributed by atoms with Gasteiger partial charge >= 0.3 is 0 Å². The molecule has 0 aliphatic carbocycles. The topological polar surface area (TPSA) is 32.7 Å². The summed E-state index contributed by atoms with van der Waals surface area (Å²) in [6.45, 7) is 5.76. The van der Waals surface area contributed by atoms with E-state index in [-0.39, 0.29) is 6.61 Å². The highest BCUT2D eigenvalue weighted by Crippen LogP contribution is 2.34. The minimum absolute atomic E-state index is 0.250. The van der Waals surface area contributed by atoms with Crippen LogP contribution in [0.1, 0.15) is 37.0 Å². The predicted molar refractivity (Wildman–Crippen MR) is 132 cm³/mol. The van der Waals surface area contributed by atoms with Crippen LogP contribution in [-0.2, 0) is 0 Å². The van der Waals surface area contributed by atoms with Crippen molar-refractivity contribution in [2.45, 2.75) is 20.3 Å². The van der Waals surface area contributed by atoms with Gasteiger partial charge in [0.25, 0.3) is 0 Å². The number of benzene rings is 3. The van der Waals surface area contributed by atoms with Crippen molar-refractivity contribution in [2.24, 2.45) is 0 Å². The zero-order chi connectivity index (χ0) is 22.5. The molecule has 0 amide bonds. The van der Waals surface area contributed by atoms with Gasteiger partial charge < -0.3 is 14.7 Å². The van der Waals surface area contributed by atoms with Crippen LogP contribution in [0.25, 0.3) is 11.1 Å². The van der Waals surface area contributed by atoms with Crippen molar-refractivity contribution < 1.29 is 9.84 Å². The number of allylic oxidation sites excluding steroid dienone is 1. The summed E-state index contributed by atoms with van der Waals surface area (Å²) in [6.07, 6.45) is 0.968. The molecule has 0 aliphatic heterocycles. The SMILES string of the molecule is CC/C(=C(\c1ccccc1)c1ccc(OCCN(C)C)cc1)c1ccccc1.CCO. The molecule has 0 saturated heterocycles. The molecule has 0 spiro atoms. The summed E-state index contributed by atoms with van der Waals surface area (Å²) in [6, 6.07) is 29.8. The molecule has 3 rings (SSSR count). The lowest BCUT2D eigenvalue weighted by molar-refractivity contribution is 0.261. The first-order valence-corrected chi connectivity index (χ1v) is 10.9. The number of aliphatic hydroxyl groups is 1. The molecule has 3 nitrogen and oxygen atoms in total. The second-order valence-electron chi connectivity index (χ2n) is 7.43. The molecule has 0 radical (unpaired) electrons. The molecular weight excluding hydrogens is 382 g/mol. The Kier molecular flexibility index (Phi) is 10.6. The van der Waals surface area contributed by atoms with E-state index in [9.17, 15) is 0 Å². The Labute approximate surface area is 187 Å². The van der Waals surface area contributed by atoms with E-state index < -0.39 is 0 Å². The van der Waals surface area contributed by atoms with E-state index in [4.69, 9.17) is 9.84 Å². The Morgan fingerprint density at radius 2 is 1.23 bits per heavy atom. The van der Waals surface area contributed by atoms with Crippen LogP contribution in [0.3, 0.4) is 0 Å². The Bertz CT molecular complexity index is 901. The number of hydrogen-bond donors (Lipinski definition) is 1. The number of likely N-dealkylation sites (N-methyl/N-ethyl adjacent to an activating group) is 1. The van der Waals surface area contributed by atoms with Gasteiger partial charge in [0.2, 0.25) is 0 Å². The normalized spacial score (nSPS) is 11.4. The van der Waals surface area contributed by atoms with Gasteiger partial charge in [0.1, 0.15) is 12.4 Å². The second kappa shape index (κ2) is 13.4. The quantitative estimate of drug-likeness (QED) is 0.457. The first-order valence-electron chi connectivity index (χ1n) is 10.9. The smallest absolute Gasteiger partial charge is 0.119 e. The van der Waals surface area contributed by atoms with Crippen LogP contribution in [0, 0.1) is 0 Å². The minimum atomic E-state index is 0.250. The highest BCUT2D eigenvalue weighted by Gasteiger charge is 2.13. The molecular formula is C28H35NO2. The maximum absolute atomic E-state index is 7.57. The molecule has 3 aromatic rings. The van der Waals surface area contributed by atoms with E-state index >= 15 is 0 Å². The van der Waals surface area contributed by atoms with E-state index in [2.05, 4.69) is 111 Å². The second-order valence-corrected chi connectivity index (χ2v) is 7.43. The van der Waals surface area contributed by atoms with Crippen molar-refractivity contribution in [2.75, 3.05) is 33.9 Å². The fraction of sp³-hybridized carbons (Fsp3) is 0.286. The van der Waals surface area contributed by atoms with Crippen molar-refractivity contribution in [3.63, 3.8) is 0 Å². The maximum atomic E-state index is 7.57. The van der Waals surface area contributed by atoms with Crippen molar-refractivity contribution in [1.29, 1.82) is 0 Å². The summed E-state index contributed by atoms with van der Waals surface area (Å²) in [7, 11) is 4.11. The Morgan fingerprint density at radius 1 is 0.742 bits per heavy atom. The maximum Gasteiger partial charge on any atom is 0.119 e. The molecule has 164 valence electrons. The van der Waals surface area contributed by atoms with E-state index in [0.29, 0.717) is 6.61 Å². The van der Waals surface area contributed by atoms with E-state index in [1.165, 1.54) is 27.8 Å². The number of nitrogens with zero attached hydrogens (tertiary/aromatic N) is 1. The van der Waals surface area contributed by atoms with Gasteiger partial charge in [0.15, 0.2) is 0 Å². The van der Waals surface area contributed by atoms with Crippen molar-refractivity contribution in [3.8, 4) is 5.75 Å². The van der Waals surface area contributed by atoms with Crippen LogP contribution in [0.2, 0.25) is 0 Å². The Morgan fingerprint density at radius 3 is 1.71 bits per heavy atom. The summed E-state index contributed by atoms with van der Waals surface area (Å²) in [5, 5.41) is 7.57. The van der Waals surface area contributed by atoms with Crippen LogP contribution in [0.15, 0.2) is 84.9 Å². The molecule has 31 heavy (non-hydrogen) atoms. The predicted octanol–water partition coefficient (Wildman–Crippen LogP) is 5.99. The lowest BCUT2D eigenvalue weighted by Crippen LogP contribution is -2.19. The number of rotatable bonds is 8. The van der Waals surface area contributed by atoms with Gasteiger partial charge in [-0.15, -0.1) is 0 Å².